The summed E-state index contributed by atoms with van der Waals surface area (Å²) >= 11 is 13.8. The number of rotatable bonds is 6. The van der Waals surface area contributed by atoms with E-state index < -0.39 is 0 Å². The molecule has 2 aromatic carbocycles. The van der Waals surface area contributed by atoms with Crippen LogP contribution in [0.5, 0.6) is 0 Å². The van der Waals surface area contributed by atoms with Crippen molar-refractivity contribution >= 4 is 52.3 Å². The molecule has 0 aliphatic carbocycles. The van der Waals surface area contributed by atoms with Gasteiger partial charge < -0.3 is 10.2 Å². The molecule has 2 aliphatic rings. The highest BCUT2D eigenvalue weighted by atomic mass is 35.5. The van der Waals surface area contributed by atoms with Gasteiger partial charge in [-0.3, -0.25) is 14.5 Å². The Morgan fingerprint density at radius 1 is 1.18 bits per heavy atom. The third-order valence-electron chi connectivity index (χ3n) is 6.05. The molecule has 1 amide bonds. The van der Waals surface area contributed by atoms with Gasteiger partial charge in [-0.25, -0.2) is 0 Å². The van der Waals surface area contributed by atoms with E-state index in [2.05, 4.69) is 22.3 Å². The van der Waals surface area contributed by atoms with E-state index in [-0.39, 0.29) is 17.7 Å². The zero-order valence-electron chi connectivity index (χ0n) is 19.0. The number of allylic oxidation sites excluding steroid dienone is 2. The zero-order valence-corrected chi connectivity index (χ0v) is 21.3. The SMILES string of the molecule is CN(C(=O)/C=C1\SC(Nc2c(Cl)cccc2Cl)=CCCC1=O)C1CCN(Cc2ccccc2)C1. The predicted molar refractivity (Wildman–Crippen MR) is 141 cm³/mol. The average Bonchev–Trinajstić information content (AvgIpc) is 3.21. The summed E-state index contributed by atoms with van der Waals surface area (Å²) in [6.45, 7) is 2.63. The van der Waals surface area contributed by atoms with E-state index in [0.717, 1.165) is 31.1 Å². The molecule has 1 saturated heterocycles. The fourth-order valence-corrected chi connectivity index (χ4v) is 5.57. The number of carbonyl (C=O) groups is 2. The van der Waals surface area contributed by atoms with Gasteiger partial charge in [0.25, 0.3) is 0 Å². The van der Waals surface area contributed by atoms with Gasteiger partial charge >= 0.3 is 0 Å². The number of hydrogen-bond acceptors (Lipinski definition) is 5. The number of likely N-dealkylation sites (N-methyl/N-ethyl adjacent to an activating group) is 1. The van der Waals surface area contributed by atoms with Crippen LogP contribution in [0.2, 0.25) is 10.0 Å². The standard InChI is InChI=1S/C26H27Cl2N3O2S/c1-30(19-13-14-31(17-19)16-18-7-3-2-4-8-18)25(33)15-23-22(32)11-6-12-24(34-23)29-26-20(27)9-5-10-21(26)28/h2-5,7-10,12,15,19,29H,6,11,13-14,16-17H2,1H3/b23-15-. The summed E-state index contributed by atoms with van der Waals surface area (Å²) in [7, 11) is 1.82. The summed E-state index contributed by atoms with van der Waals surface area (Å²) in [6, 6.07) is 15.7. The third-order valence-corrected chi connectivity index (χ3v) is 7.74. The van der Waals surface area contributed by atoms with Crippen LogP contribution in [0.1, 0.15) is 24.8 Å². The lowest BCUT2D eigenvalue weighted by Gasteiger charge is -2.24. The van der Waals surface area contributed by atoms with Gasteiger partial charge in [-0.2, -0.15) is 0 Å². The topological polar surface area (TPSA) is 52.7 Å². The molecule has 1 N–H and O–H groups in total. The fraction of sp³-hybridized carbons (Fsp3) is 0.308. The summed E-state index contributed by atoms with van der Waals surface area (Å²) < 4.78 is 0. The first-order valence-corrected chi connectivity index (χ1v) is 12.8. The summed E-state index contributed by atoms with van der Waals surface area (Å²) in [4.78, 5) is 30.3. The third kappa shape index (κ3) is 6.25. The van der Waals surface area contributed by atoms with E-state index in [1.807, 2.05) is 31.3 Å². The molecule has 2 aromatic rings. The lowest BCUT2D eigenvalue weighted by atomic mass is 10.2. The molecule has 5 nitrogen and oxygen atoms in total. The maximum Gasteiger partial charge on any atom is 0.247 e. The number of halogens is 2. The Morgan fingerprint density at radius 3 is 2.65 bits per heavy atom. The maximum absolute atomic E-state index is 13.1. The fourth-order valence-electron chi connectivity index (χ4n) is 4.11. The maximum atomic E-state index is 13.1. The van der Waals surface area contributed by atoms with Crippen LogP contribution in [0.15, 0.2) is 70.6 Å². The van der Waals surface area contributed by atoms with Gasteiger partial charge in [0.15, 0.2) is 5.78 Å². The number of anilines is 1. The number of ketones is 1. The quantitative estimate of drug-likeness (QED) is 0.481. The first kappa shape index (κ1) is 24.9. The second-order valence-corrected chi connectivity index (χ2v) is 10.4. The van der Waals surface area contributed by atoms with Crippen LogP contribution >= 0.6 is 35.0 Å². The summed E-state index contributed by atoms with van der Waals surface area (Å²) in [5, 5.41) is 4.95. The summed E-state index contributed by atoms with van der Waals surface area (Å²) in [5.41, 5.74) is 1.86. The number of Topliss-reactive ketones (excluding diaryl/α,β-unsaturated/α-hetero) is 1. The van der Waals surface area contributed by atoms with Gasteiger partial charge in [-0.05, 0) is 30.5 Å². The smallest absolute Gasteiger partial charge is 0.247 e. The Morgan fingerprint density at radius 2 is 1.91 bits per heavy atom. The van der Waals surface area contributed by atoms with E-state index in [1.165, 1.54) is 23.4 Å². The number of nitrogens with zero attached hydrogens (tertiary/aromatic N) is 2. The molecule has 2 heterocycles. The highest BCUT2D eigenvalue weighted by Crippen LogP contribution is 2.37. The molecule has 8 heteroatoms. The molecule has 178 valence electrons. The van der Waals surface area contributed by atoms with Crippen molar-refractivity contribution in [1.29, 1.82) is 0 Å². The molecular formula is C26H27Cl2N3O2S. The Bertz CT molecular complexity index is 1100. The van der Waals surface area contributed by atoms with Crippen LogP contribution in [-0.4, -0.2) is 47.7 Å². The van der Waals surface area contributed by atoms with Crippen molar-refractivity contribution in [2.45, 2.75) is 31.8 Å². The number of hydrogen-bond donors (Lipinski definition) is 1. The molecule has 2 aliphatic heterocycles. The van der Waals surface area contributed by atoms with Crippen molar-refractivity contribution in [2.24, 2.45) is 0 Å². The van der Waals surface area contributed by atoms with Crippen LogP contribution < -0.4 is 5.32 Å². The normalized spacial score (nSPS) is 20.2. The van der Waals surface area contributed by atoms with E-state index in [9.17, 15) is 9.59 Å². The van der Waals surface area contributed by atoms with Crippen molar-refractivity contribution in [3.8, 4) is 0 Å². The average molecular weight is 516 g/mol. The largest absolute Gasteiger partial charge is 0.348 e. The van der Waals surface area contributed by atoms with Gasteiger partial charge in [0.1, 0.15) is 0 Å². The Labute approximate surface area is 214 Å². The van der Waals surface area contributed by atoms with Gasteiger partial charge in [-0.15, -0.1) is 0 Å². The number of amides is 1. The van der Waals surface area contributed by atoms with Crippen molar-refractivity contribution in [3.63, 3.8) is 0 Å². The number of thioether (sulfide) groups is 1. The van der Waals surface area contributed by atoms with Gasteiger partial charge in [0.2, 0.25) is 5.91 Å². The second-order valence-electron chi connectivity index (χ2n) is 8.47. The number of para-hydroxylation sites is 1. The number of carbonyl (C=O) groups excluding carboxylic acids is 2. The van der Waals surface area contributed by atoms with Gasteiger partial charge in [0.05, 0.1) is 25.7 Å². The van der Waals surface area contributed by atoms with Gasteiger partial charge in [-0.1, -0.05) is 77.4 Å². The summed E-state index contributed by atoms with van der Waals surface area (Å²) in [6.07, 6.45) is 5.26. The van der Waals surface area contributed by atoms with Crippen LogP contribution in [0, 0.1) is 0 Å². The minimum absolute atomic E-state index is 0.0396. The molecule has 1 fully saturated rings. The van der Waals surface area contributed by atoms with E-state index in [0.29, 0.717) is 33.5 Å². The number of benzene rings is 2. The molecular weight excluding hydrogens is 489 g/mol. The molecule has 0 bridgehead atoms. The lowest BCUT2D eigenvalue weighted by Crippen LogP contribution is -2.38. The molecule has 0 aromatic heterocycles. The van der Waals surface area contributed by atoms with Crippen LogP contribution in [0.25, 0.3) is 0 Å². The van der Waals surface area contributed by atoms with Crippen LogP contribution in [0.4, 0.5) is 5.69 Å². The van der Waals surface area contributed by atoms with Crippen molar-refractivity contribution < 1.29 is 9.59 Å². The minimum Gasteiger partial charge on any atom is -0.348 e. The number of likely N-dealkylation sites (tertiary alicyclic amines) is 1. The Hall–Kier alpha value is -2.25. The second kappa shape index (κ2) is 11.5. The monoisotopic (exact) mass is 515 g/mol. The molecule has 34 heavy (non-hydrogen) atoms. The molecule has 1 atom stereocenters. The van der Waals surface area contributed by atoms with Crippen molar-refractivity contribution in [3.05, 3.63) is 86.2 Å². The highest BCUT2D eigenvalue weighted by Gasteiger charge is 2.28. The zero-order chi connectivity index (χ0) is 24.1. The van der Waals surface area contributed by atoms with Crippen molar-refractivity contribution in [1.82, 2.24) is 9.80 Å². The first-order chi connectivity index (χ1) is 16.4. The van der Waals surface area contributed by atoms with E-state index >= 15 is 0 Å². The van der Waals surface area contributed by atoms with Crippen LogP contribution in [0.3, 0.4) is 0 Å². The summed E-state index contributed by atoms with van der Waals surface area (Å²) in [5.74, 6) is -0.193. The molecule has 0 saturated carbocycles. The van der Waals surface area contributed by atoms with E-state index in [4.69, 9.17) is 23.2 Å². The highest BCUT2D eigenvalue weighted by molar-refractivity contribution is 8.07. The predicted octanol–water partition coefficient (Wildman–Crippen LogP) is 5.96. The molecule has 0 radical (unpaired) electrons. The molecule has 0 spiro atoms. The molecule has 1 unspecified atom stereocenters. The van der Waals surface area contributed by atoms with Crippen molar-refractivity contribution in [2.75, 3.05) is 25.5 Å². The van der Waals surface area contributed by atoms with Gasteiger partial charge in [0, 0.05) is 45.2 Å². The molecule has 4 rings (SSSR count). The Balaban J connectivity index is 1.40. The number of nitrogens with one attached hydrogen (secondary N) is 1. The first-order valence-electron chi connectivity index (χ1n) is 11.3. The lowest BCUT2D eigenvalue weighted by molar-refractivity contribution is -0.127. The van der Waals surface area contributed by atoms with E-state index in [1.54, 1.807) is 23.1 Å². The van der Waals surface area contributed by atoms with Crippen LogP contribution in [-0.2, 0) is 16.1 Å². The minimum atomic E-state index is -0.153. The Kier molecular flexibility index (Phi) is 8.37.